The third-order valence-electron chi connectivity index (χ3n) is 9.80. The van der Waals surface area contributed by atoms with Gasteiger partial charge in [0.25, 0.3) is 0 Å². The van der Waals surface area contributed by atoms with Crippen LogP contribution >= 0.6 is 11.6 Å². The Kier molecular flexibility index (Phi) is 10.3. The van der Waals surface area contributed by atoms with Gasteiger partial charge in [0.1, 0.15) is 35.6 Å². The minimum Gasteiger partial charge on any atom is -0.488 e. The van der Waals surface area contributed by atoms with Crippen molar-refractivity contribution in [2.75, 3.05) is 13.2 Å². The van der Waals surface area contributed by atoms with Gasteiger partial charge < -0.3 is 34.9 Å². The molecule has 5 atom stereocenters. The summed E-state index contributed by atoms with van der Waals surface area (Å²) in [7, 11) is 0. The molecule has 2 aromatic rings. The zero-order valence-corrected chi connectivity index (χ0v) is 27.9. The first-order chi connectivity index (χ1) is 23.2. The van der Waals surface area contributed by atoms with Crippen LogP contribution in [0.5, 0.6) is 11.6 Å². The number of halogens is 1. The highest BCUT2D eigenvalue weighted by molar-refractivity contribution is 6.35. The molecule has 1 aromatic carbocycles. The summed E-state index contributed by atoms with van der Waals surface area (Å²) < 4.78 is 17.8. The number of nitrogens with one attached hydrogen (secondary N) is 2. The molecule has 2 aliphatic carbocycles. The van der Waals surface area contributed by atoms with Crippen LogP contribution in [0.15, 0.2) is 36.4 Å². The number of carboxylic acid groups (broad SMARTS) is 1. The molecule has 12 nitrogen and oxygen atoms in total. The molecule has 3 fully saturated rings. The van der Waals surface area contributed by atoms with Crippen molar-refractivity contribution in [2.45, 2.75) is 107 Å². The first-order valence-corrected chi connectivity index (χ1v) is 17.4. The highest BCUT2D eigenvalue weighted by atomic mass is 35.5. The van der Waals surface area contributed by atoms with Crippen LogP contribution in [0.3, 0.4) is 0 Å². The second-order valence-corrected chi connectivity index (χ2v) is 13.6. The van der Waals surface area contributed by atoms with Gasteiger partial charge in [-0.2, -0.15) is 0 Å². The van der Waals surface area contributed by atoms with Crippen LogP contribution < -0.4 is 20.1 Å². The number of carbonyl (C=O) groups excluding carboxylic acids is 3. The monoisotopic (exact) mass is 682 g/mol. The molecule has 0 unspecified atom stereocenters. The van der Waals surface area contributed by atoms with Crippen LogP contribution in [0, 0.1) is 5.92 Å². The Morgan fingerprint density at radius 3 is 2.69 bits per heavy atom. The molecule has 258 valence electrons. The Morgan fingerprint density at radius 1 is 1.12 bits per heavy atom. The van der Waals surface area contributed by atoms with Gasteiger partial charge in [-0.15, -0.1) is 0 Å². The van der Waals surface area contributed by atoms with Crippen molar-refractivity contribution < 1.29 is 38.5 Å². The number of carboxylic acids is 1. The van der Waals surface area contributed by atoms with E-state index in [1.807, 2.05) is 25.1 Å². The standard InChI is InChI=1S/C35H43ClN4O8/c1-2-46-29-18-28(24-14-10-15-25(36)30(24)38-29)47-23-17-27-31(41)39-35(33(43)44)19-21(35)11-6-4-3-5-7-16-26(32(42)40(27)20-23)37-34(45)48-22-12-8-9-13-22/h6,10-11,14-15,18,21-23,26-27H,2-5,7-9,12-13,16-17,19-20H2,1H3,(H,37,45)(H,39,41)(H,43,44)/b11-6-/t21-,23-,26+,27+,35-/m1/s1. The van der Waals surface area contributed by atoms with Crippen molar-refractivity contribution in [1.82, 2.24) is 20.5 Å². The van der Waals surface area contributed by atoms with E-state index in [1.165, 1.54) is 4.90 Å². The molecule has 1 aromatic heterocycles. The number of para-hydroxylation sites is 1. The molecule has 6 rings (SSSR count). The van der Waals surface area contributed by atoms with Crippen LogP contribution in [0.1, 0.15) is 77.6 Å². The molecule has 2 saturated carbocycles. The number of aromatic nitrogens is 1. The van der Waals surface area contributed by atoms with Crippen molar-refractivity contribution in [3.63, 3.8) is 0 Å². The molecule has 3 N–H and O–H groups in total. The van der Waals surface area contributed by atoms with E-state index in [0.717, 1.165) is 44.9 Å². The quantitative estimate of drug-likeness (QED) is 0.336. The number of alkyl carbamates (subject to hydrolysis) is 1. The third-order valence-corrected chi connectivity index (χ3v) is 10.1. The van der Waals surface area contributed by atoms with Crippen molar-refractivity contribution >= 4 is 46.4 Å². The lowest BCUT2D eigenvalue weighted by Crippen LogP contribution is -2.56. The van der Waals surface area contributed by atoms with E-state index in [1.54, 1.807) is 18.2 Å². The number of benzene rings is 1. The van der Waals surface area contributed by atoms with E-state index in [2.05, 4.69) is 15.6 Å². The smallest absolute Gasteiger partial charge is 0.408 e. The Hall–Kier alpha value is -4.06. The number of aliphatic carboxylic acids is 1. The minimum absolute atomic E-state index is 0.0323. The molecule has 2 aliphatic heterocycles. The van der Waals surface area contributed by atoms with Crippen LogP contribution in [-0.4, -0.2) is 81.8 Å². The maximum atomic E-state index is 14.3. The number of hydrogen-bond acceptors (Lipinski definition) is 8. The van der Waals surface area contributed by atoms with E-state index in [-0.39, 0.29) is 31.4 Å². The van der Waals surface area contributed by atoms with Gasteiger partial charge in [-0.3, -0.25) is 9.59 Å². The average molecular weight is 683 g/mol. The number of pyridine rings is 1. The highest BCUT2D eigenvalue weighted by Gasteiger charge is 2.61. The minimum atomic E-state index is -1.44. The highest BCUT2D eigenvalue weighted by Crippen LogP contribution is 2.45. The number of rotatable bonds is 7. The predicted molar refractivity (Wildman–Crippen MR) is 177 cm³/mol. The van der Waals surface area contributed by atoms with Crippen molar-refractivity contribution in [3.8, 4) is 11.6 Å². The normalized spacial score (nSPS) is 28.8. The maximum absolute atomic E-state index is 14.3. The predicted octanol–water partition coefficient (Wildman–Crippen LogP) is 5.15. The summed E-state index contributed by atoms with van der Waals surface area (Å²) in [5.74, 6) is -1.73. The number of amides is 3. The Labute approximate surface area is 284 Å². The van der Waals surface area contributed by atoms with Gasteiger partial charge in [0.05, 0.1) is 23.7 Å². The maximum Gasteiger partial charge on any atom is 0.408 e. The van der Waals surface area contributed by atoms with Gasteiger partial charge in [0, 0.05) is 23.8 Å². The second kappa shape index (κ2) is 14.6. The summed E-state index contributed by atoms with van der Waals surface area (Å²) in [6.45, 7) is 2.24. The fourth-order valence-corrected chi connectivity index (χ4v) is 7.36. The summed E-state index contributed by atoms with van der Waals surface area (Å²) >= 11 is 6.47. The number of nitrogens with zero attached hydrogens (tertiary/aromatic N) is 2. The van der Waals surface area contributed by atoms with E-state index >= 15 is 0 Å². The molecule has 3 heterocycles. The van der Waals surface area contributed by atoms with Crippen molar-refractivity contribution in [3.05, 3.63) is 41.4 Å². The lowest BCUT2D eigenvalue weighted by atomic mass is 10.0. The molecule has 0 bridgehead atoms. The largest absolute Gasteiger partial charge is 0.488 e. The van der Waals surface area contributed by atoms with E-state index in [4.69, 9.17) is 25.8 Å². The number of hydrogen-bond donors (Lipinski definition) is 3. The van der Waals surface area contributed by atoms with Crippen LogP contribution in [0.2, 0.25) is 5.02 Å². The molecular formula is C35H43ClN4O8. The van der Waals surface area contributed by atoms with Crippen LogP contribution in [0.25, 0.3) is 10.9 Å². The topological polar surface area (TPSA) is 156 Å². The van der Waals surface area contributed by atoms with Crippen molar-refractivity contribution in [1.29, 1.82) is 0 Å². The SMILES string of the molecule is CCOc1cc(O[C@@H]2C[C@H]3C(=O)N[C@]4(C(=O)O)C[C@H]4/C=C\CCCCC[C@H](NC(=O)OC4CCCC4)C(=O)N3C2)c2cccc(Cl)c2n1. The lowest BCUT2D eigenvalue weighted by Gasteiger charge is -2.29. The van der Waals surface area contributed by atoms with Gasteiger partial charge in [-0.25, -0.2) is 14.6 Å². The van der Waals surface area contributed by atoms with E-state index < -0.39 is 47.6 Å². The molecule has 48 heavy (non-hydrogen) atoms. The number of ether oxygens (including phenoxy) is 3. The van der Waals surface area contributed by atoms with Crippen molar-refractivity contribution in [2.24, 2.45) is 5.92 Å². The summed E-state index contributed by atoms with van der Waals surface area (Å²) in [4.78, 5) is 59.7. The summed E-state index contributed by atoms with van der Waals surface area (Å²) in [6.07, 6.45) is 9.74. The van der Waals surface area contributed by atoms with Gasteiger partial charge >= 0.3 is 12.1 Å². The van der Waals surface area contributed by atoms with Crippen LogP contribution in [0.4, 0.5) is 4.79 Å². The fraction of sp³-hybridized carbons (Fsp3) is 0.571. The Morgan fingerprint density at radius 2 is 1.92 bits per heavy atom. The first kappa shape index (κ1) is 33.8. The zero-order chi connectivity index (χ0) is 33.8. The molecule has 13 heteroatoms. The number of allylic oxidation sites excluding steroid dienone is 1. The van der Waals surface area contributed by atoms with E-state index in [9.17, 15) is 24.3 Å². The Bertz CT molecular complexity index is 1580. The van der Waals surface area contributed by atoms with Gasteiger partial charge in [-0.05, 0) is 70.4 Å². The molecule has 0 radical (unpaired) electrons. The first-order valence-electron chi connectivity index (χ1n) is 17.1. The van der Waals surface area contributed by atoms with E-state index in [0.29, 0.717) is 47.0 Å². The second-order valence-electron chi connectivity index (χ2n) is 13.2. The number of carbonyl (C=O) groups is 4. The molecule has 1 saturated heterocycles. The molecule has 4 aliphatic rings. The zero-order valence-electron chi connectivity index (χ0n) is 27.1. The lowest BCUT2D eigenvalue weighted by molar-refractivity contribution is -0.145. The van der Waals surface area contributed by atoms with Gasteiger partial charge in [-0.1, -0.05) is 42.7 Å². The molecule has 0 spiro atoms. The molecular weight excluding hydrogens is 640 g/mol. The van der Waals surface area contributed by atoms with Gasteiger partial charge in [0.2, 0.25) is 17.7 Å². The summed E-state index contributed by atoms with van der Waals surface area (Å²) in [5.41, 5.74) is -0.947. The Balaban J connectivity index is 1.30. The number of fused-ring (bicyclic) bond motifs is 3. The third kappa shape index (κ3) is 7.33. The average Bonchev–Trinajstić information content (AvgIpc) is 3.34. The van der Waals surface area contributed by atoms with Crippen LogP contribution in [-0.2, 0) is 19.1 Å². The van der Waals surface area contributed by atoms with Gasteiger partial charge in [0.15, 0.2) is 0 Å². The summed E-state index contributed by atoms with van der Waals surface area (Å²) in [6, 6.07) is 5.01. The molecule has 3 amide bonds. The fourth-order valence-electron chi connectivity index (χ4n) is 7.14. The summed E-state index contributed by atoms with van der Waals surface area (Å²) in [5, 5.41) is 16.8.